The van der Waals surface area contributed by atoms with Gasteiger partial charge in [0.05, 0.1) is 5.69 Å². The molecule has 2 aromatic carbocycles. The summed E-state index contributed by atoms with van der Waals surface area (Å²) in [4.78, 5) is 43.4. The van der Waals surface area contributed by atoms with Crippen molar-refractivity contribution in [1.29, 1.82) is 0 Å². The fourth-order valence-corrected chi connectivity index (χ4v) is 5.06. The first kappa shape index (κ1) is 21.4. The Morgan fingerprint density at radius 3 is 2.52 bits per heavy atom. The third-order valence-corrected chi connectivity index (χ3v) is 7.07. The van der Waals surface area contributed by atoms with Gasteiger partial charge >= 0.3 is 6.03 Å². The van der Waals surface area contributed by atoms with Crippen LogP contribution in [0.5, 0.6) is 0 Å². The zero-order chi connectivity index (χ0) is 23.2. The van der Waals surface area contributed by atoms with Crippen molar-refractivity contribution in [1.82, 2.24) is 15.1 Å². The Bertz CT molecular complexity index is 1130. The molecule has 33 heavy (non-hydrogen) atoms. The first-order valence-electron chi connectivity index (χ1n) is 11.4. The van der Waals surface area contributed by atoms with Crippen molar-refractivity contribution in [2.75, 3.05) is 37.6 Å². The largest absolute Gasteiger partial charge is 0.366 e. The number of halogens is 1. The summed E-state index contributed by atoms with van der Waals surface area (Å²) >= 11 is 0. The molecular formula is C25H27FN4O3. The second-order valence-corrected chi connectivity index (χ2v) is 9.10. The van der Waals surface area contributed by atoms with Crippen LogP contribution < -0.4 is 10.2 Å². The molecule has 0 bridgehead atoms. The molecule has 7 nitrogen and oxygen atoms in total. The molecule has 3 aliphatic rings. The Kier molecular flexibility index (Phi) is 5.31. The topological polar surface area (TPSA) is 73.0 Å². The van der Waals surface area contributed by atoms with Crippen molar-refractivity contribution < 1.29 is 18.8 Å². The zero-order valence-electron chi connectivity index (χ0n) is 18.6. The maximum Gasteiger partial charge on any atom is 0.325 e. The number of piperazine rings is 1. The number of para-hydroxylation sites is 1. The van der Waals surface area contributed by atoms with Crippen LogP contribution in [0, 0.1) is 5.82 Å². The smallest absolute Gasteiger partial charge is 0.325 e. The number of aryl methyl sites for hydroxylation is 2. The molecule has 1 atom stereocenters. The zero-order valence-corrected chi connectivity index (χ0v) is 18.6. The van der Waals surface area contributed by atoms with E-state index >= 15 is 0 Å². The fourth-order valence-electron chi connectivity index (χ4n) is 5.06. The average molecular weight is 451 g/mol. The maximum atomic E-state index is 14.1. The number of nitrogens with one attached hydrogen (secondary N) is 1. The van der Waals surface area contributed by atoms with Crippen molar-refractivity contribution in [2.45, 2.75) is 31.7 Å². The summed E-state index contributed by atoms with van der Waals surface area (Å²) in [5, 5.41) is 2.80. The summed E-state index contributed by atoms with van der Waals surface area (Å²) < 4.78 is 14.1. The third-order valence-electron chi connectivity index (χ3n) is 7.07. The van der Waals surface area contributed by atoms with Gasteiger partial charge in [-0.2, -0.15) is 0 Å². The fraction of sp³-hybridized carbons (Fsp3) is 0.400. The number of amides is 4. The summed E-state index contributed by atoms with van der Waals surface area (Å²) in [6, 6.07) is 12.0. The number of carbonyl (C=O) groups is 3. The summed E-state index contributed by atoms with van der Waals surface area (Å²) in [5.74, 6) is -0.990. The van der Waals surface area contributed by atoms with Crippen LogP contribution in [0.25, 0.3) is 0 Å². The number of carbonyl (C=O) groups excluding carboxylic acids is 3. The Morgan fingerprint density at radius 1 is 1.03 bits per heavy atom. The summed E-state index contributed by atoms with van der Waals surface area (Å²) in [5.41, 5.74) is 2.59. The van der Waals surface area contributed by atoms with E-state index in [0.717, 1.165) is 29.7 Å². The number of benzene rings is 2. The summed E-state index contributed by atoms with van der Waals surface area (Å²) in [6.45, 7) is 3.17. The van der Waals surface area contributed by atoms with E-state index < -0.39 is 17.5 Å². The van der Waals surface area contributed by atoms with Crippen LogP contribution in [-0.2, 0) is 28.0 Å². The Labute approximate surface area is 192 Å². The minimum Gasteiger partial charge on any atom is -0.366 e. The highest BCUT2D eigenvalue weighted by molar-refractivity contribution is 6.09. The van der Waals surface area contributed by atoms with Gasteiger partial charge in [-0.25, -0.2) is 9.18 Å². The van der Waals surface area contributed by atoms with E-state index in [9.17, 15) is 18.8 Å². The normalized spacial score (nSPS) is 22.5. The lowest BCUT2D eigenvalue weighted by Gasteiger charge is -2.36. The van der Waals surface area contributed by atoms with Gasteiger partial charge in [-0.15, -0.1) is 0 Å². The second kappa shape index (κ2) is 8.17. The van der Waals surface area contributed by atoms with Gasteiger partial charge in [-0.05, 0) is 55.0 Å². The van der Waals surface area contributed by atoms with E-state index in [1.54, 1.807) is 30.0 Å². The van der Waals surface area contributed by atoms with Gasteiger partial charge in [0.1, 0.15) is 17.9 Å². The van der Waals surface area contributed by atoms with Gasteiger partial charge in [-0.1, -0.05) is 30.3 Å². The van der Waals surface area contributed by atoms with Crippen molar-refractivity contribution >= 4 is 23.5 Å². The lowest BCUT2D eigenvalue weighted by atomic mass is 9.89. The predicted molar refractivity (Wildman–Crippen MR) is 121 cm³/mol. The van der Waals surface area contributed by atoms with Crippen molar-refractivity contribution in [3.05, 3.63) is 65.0 Å². The van der Waals surface area contributed by atoms with Gasteiger partial charge < -0.3 is 15.1 Å². The minimum atomic E-state index is -1.18. The molecule has 172 valence electrons. The van der Waals surface area contributed by atoms with Gasteiger partial charge in [0.15, 0.2) is 0 Å². The molecule has 0 radical (unpaired) electrons. The monoisotopic (exact) mass is 450 g/mol. The molecule has 8 heteroatoms. The Hall–Kier alpha value is -3.42. The second-order valence-electron chi connectivity index (χ2n) is 9.10. The molecule has 0 spiro atoms. The van der Waals surface area contributed by atoms with Crippen LogP contribution in [0.15, 0.2) is 42.5 Å². The van der Waals surface area contributed by atoms with Crippen molar-refractivity contribution in [3.63, 3.8) is 0 Å². The molecule has 2 fully saturated rings. The van der Waals surface area contributed by atoms with E-state index in [1.807, 2.05) is 23.1 Å². The first-order valence-corrected chi connectivity index (χ1v) is 11.4. The van der Waals surface area contributed by atoms with Gasteiger partial charge in [-0.3, -0.25) is 14.5 Å². The summed E-state index contributed by atoms with van der Waals surface area (Å²) in [6.07, 6.45) is 3.11. The summed E-state index contributed by atoms with van der Waals surface area (Å²) in [7, 11) is 0. The number of hydrogen-bond acceptors (Lipinski definition) is 4. The van der Waals surface area contributed by atoms with Crippen LogP contribution >= 0.6 is 0 Å². The average Bonchev–Trinajstić information content (AvgIpc) is 3.38. The van der Waals surface area contributed by atoms with Gasteiger partial charge in [0.25, 0.3) is 5.91 Å². The van der Waals surface area contributed by atoms with E-state index in [-0.39, 0.29) is 18.3 Å². The van der Waals surface area contributed by atoms with Crippen LogP contribution in [0.4, 0.5) is 14.9 Å². The van der Waals surface area contributed by atoms with Gasteiger partial charge in [0, 0.05) is 26.2 Å². The Morgan fingerprint density at radius 2 is 1.76 bits per heavy atom. The van der Waals surface area contributed by atoms with Crippen LogP contribution in [0.2, 0.25) is 0 Å². The molecule has 0 saturated carbocycles. The highest BCUT2D eigenvalue weighted by Gasteiger charge is 2.50. The number of rotatable bonds is 4. The predicted octanol–water partition coefficient (Wildman–Crippen LogP) is 2.43. The molecule has 0 aromatic heterocycles. The van der Waals surface area contributed by atoms with Crippen molar-refractivity contribution in [3.8, 4) is 0 Å². The van der Waals surface area contributed by atoms with E-state index in [1.165, 1.54) is 17.2 Å². The molecule has 1 unspecified atom stereocenters. The van der Waals surface area contributed by atoms with Crippen molar-refractivity contribution in [2.24, 2.45) is 0 Å². The van der Waals surface area contributed by atoms with E-state index in [4.69, 9.17) is 0 Å². The highest BCUT2D eigenvalue weighted by Crippen LogP contribution is 2.32. The maximum absolute atomic E-state index is 14.1. The number of anilines is 1. The molecule has 5 rings (SSSR count). The lowest BCUT2D eigenvalue weighted by molar-refractivity contribution is -0.139. The van der Waals surface area contributed by atoms with Crippen LogP contribution in [0.3, 0.4) is 0 Å². The third kappa shape index (κ3) is 3.73. The van der Waals surface area contributed by atoms with Crippen LogP contribution in [0.1, 0.15) is 30.0 Å². The van der Waals surface area contributed by atoms with Gasteiger partial charge in [0.2, 0.25) is 5.91 Å². The molecule has 2 saturated heterocycles. The minimum absolute atomic E-state index is 0.287. The quantitative estimate of drug-likeness (QED) is 0.727. The molecule has 2 aliphatic heterocycles. The molecule has 4 amide bonds. The molecule has 2 aromatic rings. The molecule has 1 N–H and O–H groups in total. The number of fused-ring (bicyclic) bond motifs is 1. The standard InChI is InChI=1S/C25H27FN4O3/c1-25(19-10-9-17-5-4-6-18(17)15-19)23(32)30(24(33)27-25)16-22(31)29-13-11-28(12-14-29)21-8-3-2-7-20(21)26/h2-3,7-10,15H,4-6,11-14,16H2,1H3,(H,27,33). The molecule has 2 heterocycles. The Balaban J connectivity index is 1.24. The van der Waals surface area contributed by atoms with E-state index in [0.29, 0.717) is 31.9 Å². The number of urea groups is 1. The first-order chi connectivity index (χ1) is 15.9. The SMILES string of the molecule is CC1(c2ccc3c(c2)CCC3)NC(=O)N(CC(=O)N2CCN(c3ccccc3F)CC2)C1=O. The number of hydrogen-bond donors (Lipinski definition) is 1. The van der Waals surface area contributed by atoms with E-state index in [2.05, 4.69) is 5.32 Å². The van der Waals surface area contributed by atoms with Crippen LogP contribution in [-0.4, -0.2) is 60.4 Å². The number of imide groups is 1. The lowest BCUT2D eigenvalue weighted by Crippen LogP contribution is -2.52. The highest BCUT2D eigenvalue weighted by atomic mass is 19.1. The molecule has 1 aliphatic carbocycles. The molecular weight excluding hydrogens is 423 g/mol. The number of nitrogens with zero attached hydrogens (tertiary/aromatic N) is 3.